The Balaban J connectivity index is 0.000000223. The summed E-state index contributed by atoms with van der Waals surface area (Å²) in [6.45, 7) is 6.15. The quantitative estimate of drug-likeness (QED) is 0.375. The van der Waals surface area contributed by atoms with Crippen LogP contribution in [0.25, 0.3) is 0 Å². The summed E-state index contributed by atoms with van der Waals surface area (Å²) in [5, 5.41) is 0.726. The van der Waals surface area contributed by atoms with E-state index in [-0.39, 0.29) is 6.04 Å². The Bertz CT molecular complexity index is 844. The summed E-state index contributed by atoms with van der Waals surface area (Å²) in [5.74, 6) is 0. The first kappa shape index (κ1) is 21.1. The fourth-order valence-corrected chi connectivity index (χ4v) is 3.26. The lowest BCUT2D eigenvalue weighted by atomic mass is 10.1. The maximum atomic E-state index is 5.96. The zero-order valence-electron chi connectivity index (χ0n) is 15.2. The van der Waals surface area contributed by atoms with E-state index in [0.29, 0.717) is 6.54 Å². The molecule has 3 rings (SSSR count). The fourth-order valence-electron chi connectivity index (χ4n) is 2.33. The van der Waals surface area contributed by atoms with Crippen LogP contribution in [0.1, 0.15) is 29.7 Å². The number of aliphatic imine (C=N–C) groups is 2. The van der Waals surface area contributed by atoms with Gasteiger partial charge in [0.1, 0.15) is 0 Å². The van der Waals surface area contributed by atoms with Crippen LogP contribution in [-0.2, 0) is 6.54 Å². The summed E-state index contributed by atoms with van der Waals surface area (Å²) in [4.78, 5) is 8.30. The molecule has 4 heteroatoms. The third-order valence-electron chi connectivity index (χ3n) is 3.79. The second-order valence-corrected chi connectivity index (χ2v) is 7.28. The zero-order chi connectivity index (χ0) is 19.5. The van der Waals surface area contributed by atoms with Gasteiger partial charge in [0, 0.05) is 15.7 Å². The first-order chi connectivity index (χ1) is 13.1. The highest BCUT2D eigenvalue weighted by molar-refractivity contribution is 9.10. The number of nitrogens with zero attached hydrogens (tertiary/aromatic N) is 2. The Morgan fingerprint density at radius 3 is 2.22 bits per heavy atom. The van der Waals surface area contributed by atoms with Crippen molar-refractivity contribution >= 4 is 40.5 Å². The molecule has 1 atom stereocenters. The smallest absolute Gasteiger partial charge is 0.0713 e. The second kappa shape index (κ2) is 11.5. The second-order valence-electron chi connectivity index (χ2n) is 5.93. The summed E-state index contributed by atoms with van der Waals surface area (Å²) >= 11 is 9.38. The van der Waals surface area contributed by atoms with Gasteiger partial charge in [0.15, 0.2) is 0 Å². The predicted molar refractivity (Wildman–Crippen MR) is 121 cm³/mol. The first-order valence-corrected chi connectivity index (χ1v) is 9.76. The van der Waals surface area contributed by atoms with E-state index in [0.717, 1.165) is 20.6 Å². The molecule has 3 aromatic carbocycles. The van der Waals surface area contributed by atoms with E-state index in [1.807, 2.05) is 79.9 Å². The van der Waals surface area contributed by atoms with E-state index in [1.54, 1.807) is 0 Å². The Morgan fingerprint density at radius 1 is 1.00 bits per heavy atom. The molecule has 0 amide bonds. The number of halogens is 2. The van der Waals surface area contributed by atoms with Crippen molar-refractivity contribution in [1.82, 2.24) is 0 Å². The van der Waals surface area contributed by atoms with Gasteiger partial charge in [-0.1, -0.05) is 88.2 Å². The van der Waals surface area contributed by atoms with E-state index in [4.69, 9.17) is 11.6 Å². The van der Waals surface area contributed by atoms with Gasteiger partial charge in [-0.15, -0.1) is 0 Å². The Kier molecular flexibility index (Phi) is 8.96. The van der Waals surface area contributed by atoms with Crippen molar-refractivity contribution < 1.29 is 0 Å². The van der Waals surface area contributed by atoms with Crippen LogP contribution < -0.4 is 0 Å². The van der Waals surface area contributed by atoms with Gasteiger partial charge in [0.2, 0.25) is 0 Å². The van der Waals surface area contributed by atoms with Crippen LogP contribution in [0.4, 0.5) is 0 Å². The van der Waals surface area contributed by atoms with Crippen molar-refractivity contribution in [2.45, 2.75) is 19.5 Å². The van der Waals surface area contributed by atoms with Crippen LogP contribution in [0.3, 0.4) is 0 Å². The molecule has 138 valence electrons. The van der Waals surface area contributed by atoms with E-state index in [1.165, 1.54) is 5.56 Å². The lowest BCUT2D eigenvalue weighted by Gasteiger charge is -2.03. The molecule has 0 aliphatic rings. The highest BCUT2D eigenvalue weighted by Crippen LogP contribution is 2.20. The van der Waals surface area contributed by atoms with Crippen molar-refractivity contribution in [2.24, 2.45) is 9.98 Å². The van der Waals surface area contributed by atoms with Gasteiger partial charge in [-0.25, -0.2) is 0 Å². The topological polar surface area (TPSA) is 24.7 Å². The molecule has 0 N–H and O–H groups in total. The SMILES string of the molecule is C=NC(C)c1ccccc1.Clc1cc(Br)cc(CN=Cc2ccccc2)c1. The first-order valence-electron chi connectivity index (χ1n) is 8.59. The molecule has 0 radical (unpaired) electrons. The molecule has 0 aromatic heterocycles. The highest BCUT2D eigenvalue weighted by Gasteiger charge is 1.97. The van der Waals surface area contributed by atoms with Gasteiger partial charge >= 0.3 is 0 Å². The summed E-state index contributed by atoms with van der Waals surface area (Å²) in [7, 11) is 0. The molecule has 1 unspecified atom stereocenters. The molecule has 0 aliphatic carbocycles. The molecule has 3 aromatic rings. The standard InChI is InChI=1S/C14H11BrClN.C9H11N/c15-13-6-12(7-14(16)8-13)10-17-9-11-4-2-1-3-5-11;1-8(10-2)9-6-4-3-5-7-9/h1-9H,10H2;3-8H,2H2,1H3. The van der Waals surface area contributed by atoms with Gasteiger partial charge in [0.05, 0.1) is 12.6 Å². The van der Waals surface area contributed by atoms with Crippen LogP contribution in [0.5, 0.6) is 0 Å². The van der Waals surface area contributed by atoms with E-state index < -0.39 is 0 Å². The molecular formula is C23H22BrClN2. The lowest BCUT2D eigenvalue weighted by Crippen LogP contribution is -1.86. The summed E-state index contributed by atoms with van der Waals surface area (Å²) < 4.78 is 0.981. The third-order valence-corrected chi connectivity index (χ3v) is 4.47. The molecule has 0 spiro atoms. The number of hydrogen-bond donors (Lipinski definition) is 0. The fraction of sp³-hybridized carbons (Fsp3) is 0.130. The maximum Gasteiger partial charge on any atom is 0.0713 e. The van der Waals surface area contributed by atoms with Gasteiger partial charge in [-0.05, 0) is 48.5 Å². The summed E-state index contributed by atoms with van der Waals surface area (Å²) in [5.41, 5.74) is 3.42. The zero-order valence-corrected chi connectivity index (χ0v) is 17.6. The number of benzene rings is 3. The van der Waals surface area contributed by atoms with E-state index in [2.05, 4.69) is 44.8 Å². The molecule has 2 nitrogen and oxygen atoms in total. The Labute approximate surface area is 174 Å². The van der Waals surface area contributed by atoms with Crippen LogP contribution in [0, 0.1) is 0 Å². The highest BCUT2D eigenvalue weighted by atomic mass is 79.9. The Hall–Kier alpha value is -2.23. The predicted octanol–water partition coefficient (Wildman–Crippen LogP) is 7.17. The molecule has 0 saturated carbocycles. The largest absolute Gasteiger partial charge is 0.293 e. The van der Waals surface area contributed by atoms with Crippen molar-refractivity contribution in [2.75, 3.05) is 0 Å². The normalized spacial score (nSPS) is 11.5. The Morgan fingerprint density at radius 2 is 1.63 bits per heavy atom. The van der Waals surface area contributed by atoms with E-state index >= 15 is 0 Å². The molecule has 0 aliphatic heterocycles. The lowest BCUT2D eigenvalue weighted by molar-refractivity contribution is 0.828. The van der Waals surface area contributed by atoms with Gasteiger partial charge < -0.3 is 0 Å². The summed E-state index contributed by atoms with van der Waals surface area (Å²) in [6, 6.07) is 26.2. The molecule has 0 heterocycles. The number of rotatable bonds is 5. The number of hydrogen-bond acceptors (Lipinski definition) is 2. The van der Waals surface area contributed by atoms with Crippen molar-refractivity contribution in [3.8, 4) is 0 Å². The van der Waals surface area contributed by atoms with Gasteiger partial charge in [0.25, 0.3) is 0 Å². The molecule has 27 heavy (non-hydrogen) atoms. The monoisotopic (exact) mass is 440 g/mol. The average molecular weight is 442 g/mol. The minimum atomic E-state index is 0.223. The maximum absolute atomic E-state index is 5.96. The summed E-state index contributed by atoms with van der Waals surface area (Å²) in [6.07, 6.45) is 1.87. The average Bonchev–Trinajstić information content (AvgIpc) is 2.69. The molecule has 0 fully saturated rings. The minimum absolute atomic E-state index is 0.223. The third kappa shape index (κ3) is 7.90. The van der Waals surface area contributed by atoms with Crippen LogP contribution in [0.2, 0.25) is 5.02 Å². The minimum Gasteiger partial charge on any atom is -0.293 e. The van der Waals surface area contributed by atoms with Crippen molar-refractivity contribution in [1.29, 1.82) is 0 Å². The van der Waals surface area contributed by atoms with Gasteiger partial charge in [-0.3, -0.25) is 9.98 Å². The van der Waals surface area contributed by atoms with E-state index in [9.17, 15) is 0 Å². The van der Waals surface area contributed by atoms with Crippen LogP contribution in [0.15, 0.2) is 93.3 Å². The molecule has 0 bridgehead atoms. The van der Waals surface area contributed by atoms with Crippen LogP contribution in [-0.4, -0.2) is 12.9 Å². The van der Waals surface area contributed by atoms with Crippen molar-refractivity contribution in [3.63, 3.8) is 0 Å². The van der Waals surface area contributed by atoms with Crippen LogP contribution >= 0.6 is 27.5 Å². The van der Waals surface area contributed by atoms with Crippen molar-refractivity contribution in [3.05, 3.63) is 105 Å². The molecular weight excluding hydrogens is 420 g/mol. The molecule has 0 saturated heterocycles. The van der Waals surface area contributed by atoms with Gasteiger partial charge in [-0.2, -0.15) is 0 Å².